The zero-order valence-corrected chi connectivity index (χ0v) is 14.6. The number of nitrogens with zero attached hydrogens (tertiary/aromatic N) is 1. The van der Waals surface area contributed by atoms with Crippen molar-refractivity contribution in [3.8, 4) is 0 Å². The van der Waals surface area contributed by atoms with E-state index in [-0.39, 0.29) is 0 Å². The summed E-state index contributed by atoms with van der Waals surface area (Å²) in [6.45, 7) is 15.8. The Hall–Kier alpha value is -0.800. The van der Waals surface area contributed by atoms with Gasteiger partial charge in [-0.05, 0) is 59.1 Å². The zero-order chi connectivity index (χ0) is 15.6. The maximum Gasteiger partial charge on any atom is 0.105 e. The summed E-state index contributed by atoms with van der Waals surface area (Å²) in [6.07, 6.45) is 2.46. The molecule has 3 nitrogen and oxygen atoms in total. The Labute approximate surface area is 130 Å². The van der Waals surface area contributed by atoms with Gasteiger partial charge in [0.15, 0.2) is 0 Å². The minimum Gasteiger partial charge on any atom is -0.466 e. The topological polar surface area (TPSA) is 28.4 Å². The molecule has 1 fully saturated rings. The smallest absolute Gasteiger partial charge is 0.105 e. The van der Waals surface area contributed by atoms with E-state index in [1.165, 1.54) is 18.4 Å². The van der Waals surface area contributed by atoms with Crippen molar-refractivity contribution in [2.24, 2.45) is 5.92 Å². The van der Waals surface area contributed by atoms with Crippen molar-refractivity contribution in [2.75, 3.05) is 13.1 Å². The van der Waals surface area contributed by atoms with Gasteiger partial charge in [-0.1, -0.05) is 13.8 Å². The van der Waals surface area contributed by atoms with Crippen LogP contribution in [0, 0.1) is 19.8 Å². The van der Waals surface area contributed by atoms with Gasteiger partial charge in [-0.2, -0.15) is 0 Å². The number of likely N-dealkylation sites (tertiary alicyclic amines) is 1. The first-order valence-corrected chi connectivity index (χ1v) is 8.51. The van der Waals surface area contributed by atoms with E-state index in [1.807, 2.05) is 6.92 Å². The van der Waals surface area contributed by atoms with E-state index >= 15 is 0 Å². The molecule has 21 heavy (non-hydrogen) atoms. The molecule has 1 aromatic rings. The lowest BCUT2D eigenvalue weighted by Crippen LogP contribution is -2.54. The fraction of sp³-hybridized carbons (Fsp3) is 0.778. The first-order valence-electron chi connectivity index (χ1n) is 8.51. The van der Waals surface area contributed by atoms with Gasteiger partial charge in [0.2, 0.25) is 0 Å². The van der Waals surface area contributed by atoms with Crippen LogP contribution >= 0.6 is 0 Å². The summed E-state index contributed by atoms with van der Waals surface area (Å²) < 4.78 is 5.72. The van der Waals surface area contributed by atoms with Crippen molar-refractivity contribution < 1.29 is 4.42 Å². The Kier molecular flexibility index (Phi) is 5.50. The molecule has 0 bridgehead atoms. The predicted octanol–water partition coefficient (Wildman–Crippen LogP) is 4.06. The molecular weight excluding hydrogens is 260 g/mol. The summed E-state index contributed by atoms with van der Waals surface area (Å²) in [5.41, 5.74) is 1.35. The van der Waals surface area contributed by atoms with Crippen LogP contribution in [0.1, 0.15) is 63.7 Å². The summed E-state index contributed by atoms with van der Waals surface area (Å²) in [6, 6.07) is 3.90. The average Bonchev–Trinajstić information content (AvgIpc) is 2.79. The van der Waals surface area contributed by atoms with E-state index < -0.39 is 0 Å². The van der Waals surface area contributed by atoms with Crippen molar-refractivity contribution in [3.63, 3.8) is 0 Å². The lowest BCUT2D eigenvalue weighted by molar-refractivity contribution is 0.0520. The SMILES string of the molecule is CCCNC1CCN(C(C)c2cc(C)oc2C)C(C)C1C. The number of piperidine rings is 1. The first-order chi connectivity index (χ1) is 9.95. The van der Waals surface area contributed by atoms with E-state index in [9.17, 15) is 0 Å². The number of rotatable bonds is 5. The largest absolute Gasteiger partial charge is 0.466 e. The van der Waals surface area contributed by atoms with Crippen molar-refractivity contribution >= 4 is 0 Å². The predicted molar refractivity (Wildman–Crippen MR) is 88.6 cm³/mol. The molecule has 1 aliphatic rings. The fourth-order valence-corrected chi connectivity index (χ4v) is 3.80. The Bertz CT molecular complexity index is 454. The monoisotopic (exact) mass is 292 g/mol. The first kappa shape index (κ1) is 16.6. The molecule has 120 valence electrons. The minimum atomic E-state index is 0.437. The molecule has 4 unspecified atom stereocenters. The van der Waals surface area contributed by atoms with Gasteiger partial charge in [-0.3, -0.25) is 4.90 Å². The summed E-state index contributed by atoms with van der Waals surface area (Å²) in [5.74, 6) is 2.78. The van der Waals surface area contributed by atoms with Crippen LogP contribution in [0.2, 0.25) is 0 Å². The van der Waals surface area contributed by atoms with Crippen LogP contribution in [0.3, 0.4) is 0 Å². The molecule has 1 N–H and O–H groups in total. The molecule has 2 heterocycles. The maximum absolute atomic E-state index is 5.72. The van der Waals surface area contributed by atoms with Crippen LogP contribution in [-0.2, 0) is 0 Å². The van der Waals surface area contributed by atoms with Gasteiger partial charge in [0.1, 0.15) is 11.5 Å². The van der Waals surface area contributed by atoms with Gasteiger partial charge in [-0.15, -0.1) is 0 Å². The number of aryl methyl sites for hydroxylation is 2. The molecule has 0 aliphatic carbocycles. The molecule has 4 atom stereocenters. The highest BCUT2D eigenvalue weighted by atomic mass is 16.3. The molecule has 3 heteroatoms. The van der Waals surface area contributed by atoms with Crippen molar-refractivity contribution in [3.05, 3.63) is 23.2 Å². The van der Waals surface area contributed by atoms with Gasteiger partial charge in [-0.25, -0.2) is 0 Å². The number of furan rings is 1. The second kappa shape index (κ2) is 6.97. The van der Waals surface area contributed by atoms with Crippen LogP contribution in [0.4, 0.5) is 0 Å². The quantitative estimate of drug-likeness (QED) is 0.887. The number of hydrogen-bond donors (Lipinski definition) is 1. The van der Waals surface area contributed by atoms with Gasteiger partial charge < -0.3 is 9.73 Å². The van der Waals surface area contributed by atoms with Crippen LogP contribution in [-0.4, -0.2) is 30.1 Å². The Morgan fingerprint density at radius 3 is 2.67 bits per heavy atom. The molecule has 0 saturated carbocycles. The third-order valence-corrected chi connectivity index (χ3v) is 5.30. The fourth-order valence-electron chi connectivity index (χ4n) is 3.80. The van der Waals surface area contributed by atoms with Crippen molar-refractivity contribution in [2.45, 2.75) is 72.5 Å². The average molecular weight is 292 g/mol. The van der Waals surface area contributed by atoms with Gasteiger partial charge >= 0.3 is 0 Å². The molecule has 1 aliphatic heterocycles. The highest BCUT2D eigenvalue weighted by Gasteiger charge is 2.35. The van der Waals surface area contributed by atoms with E-state index in [4.69, 9.17) is 4.42 Å². The Morgan fingerprint density at radius 2 is 2.10 bits per heavy atom. The third kappa shape index (κ3) is 3.51. The van der Waals surface area contributed by atoms with Gasteiger partial charge in [0.25, 0.3) is 0 Å². The normalized spacial score (nSPS) is 28.8. The van der Waals surface area contributed by atoms with Gasteiger partial charge in [0, 0.05) is 30.2 Å². The molecular formula is C18H32N2O. The standard InChI is InChI=1S/C18H32N2O/c1-7-9-19-18-8-10-20(14(4)13(18)3)15(5)17-11-12(2)21-16(17)6/h11,13-15,18-19H,7-10H2,1-6H3. The van der Waals surface area contributed by atoms with E-state index in [0.717, 1.165) is 24.6 Å². The molecule has 0 spiro atoms. The highest BCUT2D eigenvalue weighted by Crippen LogP contribution is 2.33. The minimum absolute atomic E-state index is 0.437. The third-order valence-electron chi connectivity index (χ3n) is 5.30. The van der Waals surface area contributed by atoms with Gasteiger partial charge in [0.05, 0.1) is 0 Å². The molecule has 0 aromatic carbocycles. The number of nitrogens with one attached hydrogen (secondary N) is 1. The van der Waals surface area contributed by atoms with Crippen molar-refractivity contribution in [1.82, 2.24) is 10.2 Å². The van der Waals surface area contributed by atoms with E-state index in [0.29, 0.717) is 24.0 Å². The highest BCUT2D eigenvalue weighted by molar-refractivity contribution is 5.24. The zero-order valence-electron chi connectivity index (χ0n) is 14.6. The summed E-state index contributed by atoms with van der Waals surface area (Å²) in [5, 5.41) is 3.72. The Balaban J connectivity index is 2.06. The van der Waals surface area contributed by atoms with Crippen LogP contribution in [0.5, 0.6) is 0 Å². The maximum atomic E-state index is 5.72. The van der Waals surface area contributed by atoms with Crippen molar-refractivity contribution in [1.29, 1.82) is 0 Å². The summed E-state index contributed by atoms with van der Waals surface area (Å²) in [4.78, 5) is 2.64. The Morgan fingerprint density at radius 1 is 1.38 bits per heavy atom. The molecule has 2 rings (SSSR count). The molecule has 1 saturated heterocycles. The lowest BCUT2D eigenvalue weighted by atomic mass is 9.85. The molecule has 1 aromatic heterocycles. The second-order valence-electron chi connectivity index (χ2n) is 6.73. The molecule has 0 radical (unpaired) electrons. The number of hydrogen-bond acceptors (Lipinski definition) is 3. The van der Waals surface area contributed by atoms with E-state index in [2.05, 4.69) is 50.9 Å². The van der Waals surface area contributed by atoms with Crippen LogP contribution < -0.4 is 5.32 Å². The second-order valence-corrected chi connectivity index (χ2v) is 6.73. The molecule has 0 amide bonds. The van der Waals surface area contributed by atoms with Crippen LogP contribution in [0.25, 0.3) is 0 Å². The van der Waals surface area contributed by atoms with Crippen LogP contribution in [0.15, 0.2) is 10.5 Å². The summed E-state index contributed by atoms with van der Waals surface area (Å²) >= 11 is 0. The lowest BCUT2D eigenvalue weighted by Gasteiger charge is -2.45. The summed E-state index contributed by atoms with van der Waals surface area (Å²) in [7, 11) is 0. The van der Waals surface area contributed by atoms with E-state index in [1.54, 1.807) is 0 Å².